The summed E-state index contributed by atoms with van der Waals surface area (Å²) in [6.45, 7) is 0. The molecule has 2 aromatic heterocycles. The van der Waals surface area contributed by atoms with Crippen molar-refractivity contribution in [1.82, 2.24) is 19.9 Å². The van der Waals surface area contributed by atoms with Crippen LogP contribution in [0.25, 0.3) is 22.6 Å². The summed E-state index contributed by atoms with van der Waals surface area (Å²) in [5.41, 5.74) is 2.10. The number of rotatable bonds is 2. The van der Waals surface area contributed by atoms with Gasteiger partial charge in [-0.05, 0) is 29.8 Å². The van der Waals surface area contributed by atoms with E-state index in [1.54, 1.807) is 13.3 Å². The molecule has 3 aromatic rings. The molecule has 0 aliphatic heterocycles. The van der Waals surface area contributed by atoms with Gasteiger partial charge >= 0.3 is 0 Å². The largest absolute Gasteiger partial charge is 0.496 e. The molecule has 20 heavy (non-hydrogen) atoms. The van der Waals surface area contributed by atoms with Crippen LogP contribution in [0.1, 0.15) is 0 Å². The molecule has 3 rings (SSSR count). The molecule has 0 saturated carbocycles. The van der Waals surface area contributed by atoms with Crippen LogP contribution in [0.3, 0.4) is 0 Å². The summed E-state index contributed by atoms with van der Waals surface area (Å²) >= 11 is 9.15. The van der Waals surface area contributed by atoms with Crippen LogP contribution in [0, 0.1) is 0 Å². The molecule has 8 heteroatoms. The van der Waals surface area contributed by atoms with Gasteiger partial charge in [-0.1, -0.05) is 15.9 Å². The Hall–Kier alpha value is -1.18. The first-order valence-electron chi connectivity index (χ1n) is 5.39. The zero-order valence-electron chi connectivity index (χ0n) is 10.2. The van der Waals surface area contributed by atoms with Gasteiger partial charge in [0.2, 0.25) is 5.28 Å². The SMILES string of the molecule is Br.COc1cc(Br)ccc1-c1nc2nc(Cl)ncc2[nH]1. The Kier molecular flexibility index (Phi) is 4.62. The number of aromatic amines is 1. The number of imidazole rings is 1. The van der Waals surface area contributed by atoms with Crippen molar-refractivity contribution in [3.8, 4) is 17.1 Å². The van der Waals surface area contributed by atoms with Crippen LogP contribution in [-0.2, 0) is 0 Å². The number of nitrogens with zero attached hydrogens (tertiary/aromatic N) is 3. The number of halogens is 3. The molecule has 0 unspecified atom stereocenters. The lowest BCUT2D eigenvalue weighted by atomic mass is 10.2. The molecule has 0 aliphatic rings. The van der Waals surface area contributed by atoms with E-state index in [0.717, 1.165) is 15.6 Å². The average Bonchev–Trinajstić information content (AvgIpc) is 2.81. The van der Waals surface area contributed by atoms with Gasteiger partial charge in [0.05, 0.1) is 18.9 Å². The fourth-order valence-electron chi connectivity index (χ4n) is 1.78. The summed E-state index contributed by atoms with van der Waals surface area (Å²) in [7, 11) is 1.62. The normalized spacial score (nSPS) is 10.3. The van der Waals surface area contributed by atoms with Crippen LogP contribution in [0.5, 0.6) is 5.75 Å². The second kappa shape index (κ2) is 6.07. The smallest absolute Gasteiger partial charge is 0.224 e. The van der Waals surface area contributed by atoms with Gasteiger partial charge in [-0.25, -0.2) is 9.97 Å². The highest BCUT2D eigenvalue weighted by Gasteiger charge is 2.12. The van der Waals surface area contributed by atoms with Crippen molar-refractivity contribution >= 4 is 55.7 Å². The number of hydrogen-bond donors (Lipinski definition) is 1. The third-order valence-electron chi connectivity index (χ3n) is 2.63. The van der Waals surface area contributed by atoms with Gasteiger partial charge in [0.1, 0.15) is 17.1 Å². The number of H-pyrrole nitrogens is 1. The van der Waals surface area contributed by atoms with E-state index in [1.165, 1.54) is 0 Å². The lowest BCUT2D eigenvalue weighted by Gasteiger charge is -2.06. The fraction of sp³-hybridized carbons (Fsp3) is 0.0833. The number of fused-ring (bicyclic) bond motifs is 1. The minimum Gasteiger partial charge on any atom is -0.496 e. The first-order valence-corrected chi connectivity index (χ1v) is 6.56. The third-order valence-corrected chi connectivity index (χ3v) is 3.30. The first-order chi connectivity index (χ1) is 9.17. The molecule has 0 spiro atoms. The molecular weight excluding hydrogens is 411 g/mol. The lowest BCUT2D eigenvalue weighted by Crippen LogP contribution is -1.89. The Balaban J connectivity index is 0.00000147. The number of ether oxygens (including phenoxy) is 1. The van der Waals surface area contributed by atoms with Gasteiger partial charge in [0.25, 0.3) is 0 Å². The fourth-order valence-corrected chi connectivity index (χ4v) is 2.24. The van der Waals surface area contributed by atoms with Gasteiger partial charge in [0, 0.05) is 4.47 Å². The molecule has 0 saturated heterocycles. The van der Waals surface area contributed by atoms with Gasteiger partial charge in [-0.2, -0.15) is 4.98 Å². The average molecular weight is 420 g/mol. The first kappa shape index (κ1) is 15.2. The van der Waals surface area contributed by atoms with Crippen LogP contribution >= 0.6 is 44.5 Å². The van der Waals surface area contributed by atoms with Crippen LogP contribution in [-0.4, -0.2) is 27.0 Å². The Morgan fingerprint density at radius 1 is 1.30 bits per heavy atom. The van der Waals surface area contributed by atoms with E-state index in [0.29, 0.717) is 17.2 Å². The molecule has 0 radical (unpaired) electrons. The number of methoxy groups -OCH3 is 1. The predicted octanol–water partition coefficient (Wildman–Crippen LogP) is 4.02. The molecular formula is C12H9Br2ClN4O. The zero-order valence-corrected chi connectivity index (χ0v) is 14.3. The van der Waals surface area contributed by atoms with Crippen LogP contribution in [0.15, 0.2) is 28.9 Å². The molecule has 1 N–H and O–H groups in total. The Bertz CT molecular complexity index is 762. The Labute approximate surface area is 138 Å². The van der Waals surface area contributed by atoms with E-state index in [1.807, 2.05) is 18.2 Å². The molecule has 5 nitrogen and oxygen atoms in total. The molecule has 2 heterocycles. The van der Waals surface area contributed by atoms with Gasteiger partial charge < -0.3 is 9.72 Å². The maximum atomic E-state index is 5.75. The van der Waals surface area contributed by atoms with E-state index < -0.39 is 0 Å². The van der Waals surface area contributed by atoms with Crippen molar-refractivity contribution in [2.24, 2.45) is 0 Å². The van der Waals surface area contributed by atoms with Gasteiger partial charge in [-0.3, -0.25) is 0 Å². The molecule has 104 valence electrons. The maximum Gasteiger partial charge on any atom is 0.224 e. The quantitative estimate of drug-likeness (QED) is 0.636. The van der Waals surface area contributed by atoms with Crippen molar-refractivity contribution in [2.45, 2.75) is 0 Å². The third kappa shape index (κ3) is 2.79. The standard InChI is InChI=1S/C12H8BrClN4O.BrH/c1-19-9-4-6(13)2-3-7(9)10-16-8-5-15-12(14)18-11(8)17-10;/h2-5H,1H3,(H,15,16,17,18);1H. The van der Waals surface area contributed by atoms with Crippen molar-refractivity contribution < 1.29 is 4.74 Å². The maximum absolute atomic E-state index is 5.75. The number of hydrogen-bond acceptors (Lipinski definition) is 4. The highest BCUT2D eigenvalue weighted by atomic mass is 79.9. The molecule has 0 atom stereocenters. The minimum atomic E-state index is 0. The van der Waals surface area contributed by atoms with Crippen molar-refractivity contribution in [3.05, 3.63) is 34.2 Å². The topological polar surface area (TPSA) is 63.7 Å². The molecule has 1 aromatic carbocycles. The summed E-state index contributed by atoms with van der Waals surface area (Å²) < 4.78 is 6.29. The van der Waals surface area contributed by atoms with Crippen molar-refractivity contribution in [1.29, 1.82) is 0 Å². The van der Waals surface area contributed by atoms with E-state index in [4.69, 9.17) is 16.3 Å². The summed E-state index contributed by atoms with van der Waals surface area (Å²) in [4.78, 5) is 15.5. The molecule has 0 amide bonds. The van der Waals surface area contributed by atoms with E-state index in [9.17, 15) is 0 Å². The number of nitrogens with one attached hydrogen (secondary N) is 1. The van der Waals surface area contributed by atoms with E-state index in [-0.39, 0.29) is 22.3 Å². The van der Waals surface area contributed by atoms with E-state index >= 15 is 0 Å². The monoisotopic (exact) mass is 418 g/mol. The summed E-state index contributed by atoms with van der Waals surface area (Å²) in [5.74, 6) is 1.38. The van der Waals surface area contributed by atoms with Crippen molar-refractivity contribution in [3.63, 3.8) is 0 Å². The van der Waals surface area contributed by atoms with E-state index in [2.05, 4.69) is 35.9 Å². The second-order valence-corrected chi connectivity index (χ2v) is 5.06. The molecule has 0 fully saturated rings. The molecule has 0 bridgehead atoms. The highest BCUT2D eigenvalue weighted by Crippen LogP contribution is 2.31. The minimum absolute atomic E-state index is 0. The van der Waals surface area contributed by atoms with Crippen LogP contribution in [0.4, 0.5) is 0 Å². The number of aromatic nitrogens is 4. The highest BCUT2D eigenvalue weighted by molar-refractivity contribution is 9.10. The second-order valence-electron chi connectivity index (χ2n) is 3.81. The summed E-state index contributed by atoms with van der Waals surface area (Å²) in [5, 5.41) is 0.174. The van der Waals surface area contributed by atoms with Crippen LogP contribution < -0.4 is 4.74 Å². The van der Waals surface area contributed by atoms with Crippen LogP contribution in [0.2, 0.25) is 5.28 Å². The Morgan fingerprint density at radius 3 is 2.85 bits per heavy atom. The lowest BCUT2D eigenvalue weighted by molar-refractivity contribution is 0.416. The summed E-state index contributed by atoms with van der Waals surface area (Å²) in [6.07, 6.45) is 1.60. The van der Waals surface area contributed by atoms with Gasteiger partial charge in [0.15, 0.2) is 5.65 Å². The predicted molar refractivity (Wildman–Crippen MR) is 86.7 cm³/mol. The number of benzene rings is 1. The zero-order chi connectivity index (χ0) is 13.4. The van der Waals surface area contributed by atoms with Gasteiger partial charge in [-0.15, -0.1) is 17.0 Å². The van der Waals surface area contributed by atoms with Crippen molar-refractivity contribution in [2.75, 3.05) is 7.11 Å². The summed E-state index contributed by atoms with van der Waals surface area (Å²) in [6, 6.07) is 5.71. The Morgan fingerprint density at radius 2 is 2.10 bits per heavy atom. The molecule has 0 aliphatic carbocycles.